The van der Waals surface area contributed by atoms with E-state index in [2.05, 4.69) is 74.6 Å². The average molecular weight is 831 g/mol. The Morgan fingerprint density at radius 1 is 0.593 bits per heavy atom. The van der Waals surface area contributed by atoms with Crippen molar-refractivity contribution in [2.45, 2.75) is 51.4 Å². The number of halogens is 4. The Bertz CT molecular complexity index is 2190. The number of rotatable bonds is 8. The van der Waals surface area contributed by atoms with Crippen LogP contribution in [0.3, 0.4) is 0 Å². The van der Waals surface area contributed by atoms with Gasteiger partial charge in [-0.3, -0.25) is 0 Å². The van der Waals surface area contributed by atoms with Gasteiger partial charge in [0.2, 0.25) is 0 Å². The van der Waals surface area contributed by atoms with Crippen LogP contribution < -0.4 is 24.8 Å². The number of benzene rings is 4. The summed E-state index contributed by atoms with van der Waals surface area (Å²) in [5, 5.41) is 0. The Labute approximate surface area is 338 Å². The Hall–Kier alpha value is -4.01. The van der Waals surface area contributed by atoms with E-state index in [-0.39, 0.29) is 48.3 Å². The molecule has 0 radical (unpaired) electrons. The van der Waals surface area contributed by atoms with Crippen molar-refractivity contribution in [2.24, 2.45) is 0 Å². The molecule has 270 valence electrons. The number of hydrogen-bond acceptors (Lipinski definition) is 0. The second kappa shape index (κ2) is 17.2. The first-order chi connectivity index (χ1) is 25.5. The van der Waals surface area contributed by atoms with Gasteiger partial charge in [0.05, 0.1) is 0 Å². The van der Waals surface area contributed by atoms with Crippen LogP contribution in [0.4, 0.5) is 8.78 Å². The summed E-state index contributed by atoms with van der Waals surface area (Å²) in [6.07, 6.45) is 21.7. The summed E-state index contributed by atoms with van der Waals surface area (Å²) < 4.78 is 39.5. The topological polar surface area (TPSA) is 0 Å². The molecule has 4 aromatic carbocycles. The van der Waals surface area contributed by atoms with Gasteiger partial charge in [0.25, 0.3) is 0 Å². The third-order valence-electron chi connectivity index (χ3n) is 11.1. The second-order valence-electron chi connectivity index (χ2n) is 14.0. The average Bonchev–Trinajstić information content (AvgIpc) is 3.56. The van der Waals surface area contributed by atoms with Crippen LogP contribution in [0.25, 0.3) is 22.3 Å². The van der Waals surface area contributed by atoms with Crippen LogP contribution in [0.2, 0.25) is 0 Å². The maximum atomic E-state index is 15.7. The molecule has 0 amide bonds. The molecular weight excluding hydrogens is 789 g/mol. The number of fused-ring (bicyclic) bond motifs is 2. The van der Waals surface area contributed by atoms with Crippen molar-refractivity contribution in [3.8, 4) is 22.3 Å². The van der Waals surface area contributed by atoms with Crippen molar-refractivity contribution >= 4 is 4.21 Å². The molecule has 0 nitrogen and oxygen atoms in total. The SMILES string of the molecule is [CH2]=[Zr+2]([C]1=C(CC)C=C2C1=CC=CCC2c1ccc(-c2ccccc2)c(F)c1)[C]1=C(CC)C=C2C1=CC=CCC2c1ccc(-c2ccccc2)c(F)c1.[Cl-].[Cl-]. The summed E-state index contributed by atoms with van der Waals surface area (Å²) in [7, 11) is 0. The van der Waals surface area contributed by atoms with E-state index in [0.29, 0.717) is 11.1 Å². The summed E-state index contributed by atoms with van der Waals surface area (Å²) in [6, 6.07) is 31.2. The quantitative estimate of drug-likeness (QED) is 0.176. The van der Waals surface area contributed by atoms with Crippen LogP contribution in [0.1, 0.15) is 62.5 Å². The third-order valence-corrected chi connectivity index (χ3v) is 17.0. The number of hydrogen-bond donors (Lipinski definition) is 0. The largest absolute Gasteiger partial charge is 1.00 e. The van der Waals surface area contributed by atoms with Crippen molar-refractivity contribution in [2.75, 3.05) is 0 Å². The molecule has 4 aromatic rings. The second-order valence-corrected chi connectivity index (χ2v) is 18.8. The van der Waals surface area contributed by atoms with Crippen LogP contribution in [0, 0.1) is 11.6 Å². The molecule has 0 spiro atoms. The summed E-state index contributed by atoms with van der Waals surface area (Å²) in [5.74, 6) is -0.236. The Morgan fingerprint density at radius 3 is 1.37 bits per heavy atom. The predicted molar refractivity (Wildman–Crippen MR) is 211 cm³/mol. The van der Waals surface area contributed by atoms with Crippen molar-refractivity contribution < 1.29 is 54.9 Å². The van der Waals surface area contributed by atoms with E-state index >= 15 is 8.78 Å². The minimum atomic E-state index is -2.78. The minimum absolute atomic E-state index is 0. The van der Waals surface area contributed by atoms with Crippen LogP contribution in [-0.4, -0.2) is 4.21 Å². The molecule has 2 unspecified atom stereocenters. The Morgan fingerprint density at radius 2 is 1.00 bits per heavy atom. The molecule has 4 aliphatic rings. The van der Waals surface area contributed by atoms with Crippen molar-refractivity contribution in [1.29, 1.82) is 0 Å². The van der Waals surface area contributed by atoms with Crippen LogP contribution in [0.5, 0.6) is 0 Å². The summed E-state index contributed by atoms with van der Waals surface area (Å²) in [4.78, 5) is 0. The first kappa shape index (κ1) is 39.7. The van der Waals surface area contributed by atoms with Gasteiger partial charge in [-0.05, 0) is 0 Å². The van der Waals surface area contributed by atoms with Crippen molar-refractivity contribution in [3.63, 3.8) is 0 Å². The van der Waals surface area contributed by atoms with Crippen molar-refractivity contribution in [1.82, 2.24) is 0 Å². The molecule has 5 heteroatoms. The fourth-order valence-corrected chi connectivity index (χ4v) is 14.9. The van der Waals surface area contributed by atoms with Gasteiger partial charge in [0.15, 0.2) is 0 Å². The molecule has 0 fully saturated rings. The van der Waals surface area contributed by atoms with E-state index in [9.17, 15) is 0 Å². The first-order valence-electron chi connectivity index (χ1n) is 18.5. The van der Waals surface area contributed by atoms with E-state index in [1.807, 2.05) is 72.8 Å². The Balaban J connectivity index is 0.00000249. The zero-order valence-corrected chi connectivity index (χ0v) is 34.5. The molecule has 4 aliphatic carbocycles. The molecule has 0 aromatic heterocycles. The first-order valence-corrected chi connectivity index (χ1v) is 22.7. The maximum Gasteiger partial charge on any atom is -1.00 e. The van der Waals surface area contributed by atoms with E-state index < -0.39 is 21.3 Å². The summed E-state index contributed by atoms with van der Waals surface area (Å²) in [6.45, 7) is 4.50. The molecule has 0 saturated carbocycles. The standard InChI is InChI=1S/2C24H20F.CH2.2ClH.Zr/c2*1-2-17-14-19-10-6-7-11-21(23(19)15-17)20-12-13-22(24(25)16-20)18-8-4-3-5-9-18;;;;/h2*3-10,12-13,15-16,21H,2,11H2,1H3;1H2;2*1H;/q;;;;;+2/p-2. The van der Waals surface area contributed by atoms with Gasteiger partial charge in [-0.15, -0.1) is 0 Å². The number of allylic oxidation sites excluding steroid dienone is 16. The Kier molecular flexibility index (Phi) is 12.6. The van der Waals surface area contributed by atoms with Crippen LogP contribution >= 0.6 is 0 Å². The van der Waals surface area contributed by atoms with E-state index in [1.54, 1.807) is 12.1 Å². The van der Waals surface area contributed by atoms with Crippen LogP contribution in [-0.2, 0) is 21.3 Å². The predicted octanol–water partition coefficient (Wildman–Crippen LogP) is 7.21. The molecule has 54 heavy (non-hydrogen) atoms. The van der Waals surface area contributed by atoms with Gasteiger partial charge >= 0.3 is 316 Å². The van der Waals surface area contributed by atoms with Crippen molar-refractivity contribution in [3.05, 3.63) is 208 Å². The van der Waals surface area contributed by atoms with Gasteiger partial charge in [-0.1, -0.05) is 0 Å². The van der Waals surface area contributed by atoms with Crippen LogP contribution in [0.15, 0.2) is 186 Å². The van der Waals surface area contributed by atoms with Gasteiger partial charge in [-0.2, -0.15) is 0 Å². The normalized spacial score (nSPS) is 18.5. The van der Waals surface area contributed by atoms with Gasteiger partial charge in [0.1, 0.15) is 0 Å². The monoisotopic (exact) mass is 828 g/mol. The fraction of sp³-hybridized carbons (Fsp3) is 0.163. The zero-order chi connectivity index (χ0) is 35.8. The smallest absolute Gasteiger partial charge is 1.00 e. The molecule has 0 heterocycles. The third kappa shape index (κ3) is 7.36. The molecule has 8 rings (SSSR count). The summed E-state index contributed by atoms with van der Waals surface area (Å²) in [5.41, 5.74) is 13.0. The van der Waals surface area contributed by atoms with E-state index in [4.69, 9.17) is 4.21 Å². The summed E-state index contributed by atoms with van der Waals surface area (Å²) >= 11 is -2.78. The molecule has 0 aliphatic heterocycles. The molecule has 0 bridgehead atoms. The van der Waals surface area contributed by atoms with Gasteiger partial charge in [-0.25, -0.2) is 0 Å². The fourth-order valence-electron chi connectivity index (χ4n) is 8.48. The molecule has 0 N–H and O–H groups in total. The maximum absolute atomic E-state index is 15.7. The minimum Gasteiger partial charge on any atom is -1.00 e. The van der Waals surface area contributed by atoms with E-state index in [0.717, 1.165) is 47.9 Å². The molecule has 0 saturated heterocycles. The molecular formula is C49H42Cl2F2Zr. The van der Waals surface area contributed by atoms with Gasteiger partial charge < -0.3 is 24.8 Å². The van der Waals surface area contributed by atoms with Gasteiger partial charge in [0, 0.05) is 0 Å². The van der Waals surface area contributed by atoms with E-state index in [1.165, 1.54) is 40.0 Å². The zero-order valence-electron chi connectivity index (χ0n) is 30.6. The molecule has 2 atom stereocenters.